The lowest BCUT2D eigenvalue weighted by molar-refractivity contribution is 0.0381. The van der Waals surface area contributed by atoms with E-state index in [2.05, 4.69) is 15.4 Å². The molecule has 2 aromatic heterocycles. The van der Waals surface area contributed by atoms with Crippen LogP contribution in [-0.4, -0.2) is 44.4 Å². The van der Waals surface area contributed by atoms with Crippen molar-refractivity contribution in [2.75, 3.05) is 13.1 Å². The zero-order valence-electron chi connectivity index (χ0n) is 12.0. The highest BCUT2D eigenvalue weighted by molar-refractivity contribution is 5.95. The van der Waals surface area contributed by atoms with Gasteiger partial charge >= 0.3 is 0 Å². The molecule has 2 aromatic rings. The van der Waals surface area contributed by atoms with E-state index in [0.29, 0.717) is 30.0 Å². The molecular weight excluding hydrogens is 272 g/mol. The third kappa shape index (κ3) is 2.33. The first-order chi connectivity index (χ1) is 10.0. The molecule has 0 spiro atoms. The van der Waals surface area contributed by atoms with Gasteiger partial charge in [-0.2, -0.15) is 15.4 Å². The Morgan fingerprint density at radius 1 is 1.57 bits per heavy atom. The summed E-state index contributed by atoms with van der Waals surface area (Å²) in [5.74, 6) is 0.694. The lowest BCUT2D eigenvalue weighted by Crippen LogP contribution is -2.35. The van der Waals surface area contributed by atoms with Crippen LogP contribution in [-0.2, 0) is 5.60 Å². The average molecular weight is 290 g/mol. The van der Waals surface area contributed by atoms with Crippen LogP contribution >= 0.6 is 0 Å². The maximum absolute atomic E-state index is 12.6. The van der Waals surface area contributed by atoms with Crippen LogP contribution in [0.4, 0.5) is 0 Å². The fraction of sp³-hybridized carbons (Fsp3) is 0.500. The summed E-state index contributed by atoms with van der Waals surface area (Å²) in [7, 11) is 0. The van der Waals surface area contributed by atoms with Crippen molar-refractivity contribution >= 4 is 5.91 Å². The highest BCUT2D eigenvalue weighted by Crippen LogP contribution is 2.32. The Labute approximate surface area is 121 Å². The normalized spacial score (nSPS) is 22.2. The van der Waals surface area contributed by atoms with E-state index in [0.717, 1.165) is 0 Å². The number of rotatable bonds is 3. The molecule has 1 atom stereocenters. The van der Waals surface area contributed by atoms with Crippen LogP contribution in [0.5, 0.6) is 0 Å². The molecule has 0 saturated carbocycles. The molecule has 1 aliphatic heterocycles. The van der Waals surface area contributed by atoms with Crippen LogP contribution in [0.25, 0.3) is 0 Å². The molecule has 1 amide bonds. The van der Waals surface area contributed by atoms with Gasteiger partial charge in [-0.15, -0.1) is 0 Å². The first-order valence-corrected chi connectivity index (χ1v) is 6.96. The Kier molecular flexibility index (Phi) is 3.29. The maximum atomic E-state index is 12.6. The molecule has 3 heterocycles. The van der Waals surface area contributed by atoms with Crippen LogP contribution in [0.3, 0.4) is 0 Å². The molecule has 1 fully saturated rings. The molecule has 0 aromatic carbocycles. The van der Waals surface area contributed by atoms with Gasteiger partial charge < -0.3 is 14.4 Å². The molecule has 1 aliphatic rings. The van der Waals surface area contributed by atoms with Crippen LogP contribution in [0, 0.1) is 0 Å². The molecule has 0 radical (unpaired) electrons. The van der Waals surface area contributed by atoms with Gasteiger partial charge in [0.25, 0.3) is 5.91 Å². The molecular formula is C14H18N4O3. The topological polar surface area (TPSA) is 95.3 Å². The molecule has 7 heteroatoms. The number of furan rings is 1. The number of hydrogen-bond donors (Lipinski definition) is 2. The van der Waals surface area contributed by atoms with Crippen molar-refractivity contribution in [1.82, 2.24) is 20.3 Å². The van der Waals surface area contributed by atoms with Gasteiger partial charge in [-0.1, -0.05) is 13.8 Å². The molecule has 112 valence electrons. The van der Waals surface area contributed by atoms with E-state index in [4.69, 9.17) is 4.42 Å². The minimum absolute atomic E-state index is 0.119. The number of amides is 1. The van der Waals surface area contributed by atoms with Crippen molar-refractivity contribution in [3.63, 3.8) is 0 Å². The Bertz CT molecular complexity index is 634. The van der Waals surface area contributed by atoms with E-state index in [1.807, 2.05) is 13.8 Å². The summed E-state index contributed by atoms with van der Waals surface area (Å²) in [6, 6.07) is 1.69. The summed E-state index contributed by atoms with van der Waals surface area (Å²) < 4.78 is 5.39. The van der Waals surface area contributed by atoms with Crippen molar-refractivity contribution in [3.05, 3.63) is 35.5 Å². The van der Waals surface area contributed by atoms with E-state index in [1.165, 1.54) is 12.5 Å². The number of carbonyl (C=O) groups excluding carboxylic acids is 1. The molecule has 0 aliphatic carbocycles. The summed E-state index contributed by atoms with van der Waals surface area (Å²) >= 11 is 0. The fourth-order valence-corrected chi connectivity index (χ4v) is 2.72. The summed E-state index contributed by atoms with van der Waals surface area (Å²) in [6.45, 7) is 4.64. The van der Waals surface area contributed by atoms with Crippen LogP contribution in [0.1, 0.15) is 48.0 Å². The maximum Gasteiger partial charge on any atom is 0.257 e. The average Bonchev–Trinajstić information content (AvgIpc) is 3.18. The van der Waals surface area contributed by atoms with E-state index < -0.39 is 5.60 Å². The molecule has 21 heavy (non-hydrogen) atoms. The van der Waals surface area contributed by atoms with Crippen molar-refractivity contribution in [3.8, 4) is 0 Å². The zero-order valence-corrected chi connectivity index (χ0v) is 12.0. The highest BCUT2D eigenvalue weighted by Gasteiger charge is 2.42. The van der Waals surface area contributed by atoms with E-state index in [-0.39, 0.29) is 18.4 Å². The highest BCUT2D eigenvalue weighted by atomic mass is 16.3. The van der Waals surface area contributed by atoms with Crippen molar-refractivity contribution in [1.29, 1.82) is 0 Å². The molecule has 1 unspecified atom stereocenters. The Balaban J connectivity index is 1.80. The quantitative estimate of drug-likeness (QED) is 0.887. The zero-order chi connectivity index (χ0) is 15.0. The lowest BCUT2D eigenvalue weighted by Gasteiger charge is -2.21. The summed E-state index contributed by atoms with van der Waals surface area (Å²) in [4.78, 5) is 14.2. The number of β-amino-alcohol motifs (C(OH)–C–C–N with tert-alkyl or cyclic N) is 1. The van der Waals surface area contributed by atoms with Gasteiger partial charge in [0.2, 0.25) is 0 Å². The second-order valence-corrected chi connectivity index (χ2v) is 5.72. The monoisotopic (exact) mass is 290 g/mol. The van der Waals surface area contributed by atoms with Gasteiger partial charge in [-0.3, -0.25) is 4.79 Å². The Morgan fingerprint density at radius 2 is 2.38 bits per heavy atom. The smallest absolute Gasteiger partial charge is 0.257 e. The molecule has 0 bridgehead atoms. The number of nitrogens with one attached hydrogen (secondary N) is 1. The second-order valence-electron chi connectivity index (χ2n) is 5.72. The van der Waals surface area contributed by atoms with E-state index >= 15 is 0 Å². The van der Waals surface area contributed by atoms with Crippen LogP contribution < -0.4 is 0 Å². The molecule has 7 nitrogen and oxygen atoms in total. The van der Waals surface area contributed by atoms with Gasteiger partial charge in [-0.05, 0) is 6.07 Å². The minimum atomic E-state index is -1.13. The number of aromatic nitrogens is 3. The molecule has 3 rings (SSSR count). The number of likely N-dealkylation sites (tertiary alicyclic amines) is 1. The summed E-state index contributed by atoms with van der Waals surface area (Å²) in [5.41, 5.74) is -0.104. The van der Waals surface area contributed by atoms with Crippen molar-refractivity contribution < 1.29 is 14.3 Å². The predicted molar refractivity (Wildman–Crippen MR) is 73.6 cm³/mol. The van der Waals surface area contributed by atoms with Crippen molar-refractivity contribution in [2.45, 2.75) is 31.8 Å². The standard InChI is InChI=1S/C14H18N4O3/c1-9(2)12-10(3-6-21-12)13(19)18-5-4-14(20,8-18)11-7-15-17-16-11/h3,6-7,9,20H,4-5,8H2,1-2H3,(H,15,16,17). The summed E-state index contributed by atoms with van der Waals surface area (Å²) in [5, 5.41) is 20.7. The van der Waals surface area contributed by atoms with Gasteiger partial charge in [0.1, 0.15) is 17.1 Å². The first-order valence-electron chi connectivity index (χ1n) is 6.96. The number of aromatic amines is 1. The lowest BCUT2D eigenvalue weighted by atomic mass is 10.00. The minimum Gasteiger partial charge on any atom is -0.468 e. The van der Waals surface area contributed by atoms with Gasteiger partial charge in [0, 0.05) is 18.9 Å². The second kappa shape index (κ2) is 5.00. The van der Waals surface area contributed by atoms with Crippen LogP contribution in [0.15, 0.2) is 22.9 Å². The van der Waals surface area contributed by atoms with Gasteiger partial charge in [0.15, 0.2) is 0 Å². The largest absolute Gasteiger partial charge is 0.468 e. The van der Waals surface area contributed by atoms with Gasteiger partial charge in [-0.25, -0.2) is 0 Å². The number of H-pyrrole nitrogens is 1. The molecule has 2 N–H and O–H groups in total. The Morgan fingerprint density at radius 3 is 3.05 bits per heavy atom. The first kappa shape index (κ1) is 13.8. The Hall–Kier alpha value is -2.15. The van der Waals surface area contributed by atoms with E-state index in [1.54, 1.807) is 11.0 Å². The number of hydrogen-bond acceptors (Lipinski definition) is 5. The number of aliphatic hydroxyl groups is 1. The third-order valence-corrected chi connectivity index (χ3v) is 3.88. The van der Waals surface area contributed by atoms with Gasteiger partial charge in [0.05, 0.1) is 24.6 Å². The van der Waals surface area contributed by atoms with Crippen molar-refractivity contribution in [2.24, 2.45) is 0 Å². The molecule has 1 saturated heterocycles. The number of nitrogens with zero attached hydrogens (tertiary/aromatic N) is 3. The number of carbonyl (C=O) groups is 1. The summed E-state index contributed by atoms with van der Waals surface area (Å²) in [6.07, 6.45) is 3.47. The SMILES string of the molecule is CC(C)c1occc1C(=O)N1CCC(O)(c2cn[nH]n2)C1. The van der Waals surface area contributed by atoms with Crippen LogP contribution in [0.2, 0.25) is 0 Å². The predicted octanol–water partition coefficient (Wildman–Crippen LogP) is 1.25. The fourth-order valence-electron chi connectivity index (χ4n) is 2.72. The van der Waals surface area contributed by atoms with E-state index in [9.17, 15) is 9.90 Å². The third-order valence-electron chi connectivity index (χ3n) is 3.88.